The van der Waals surface area contributed by atoms with Crippen molar-refractivity contribution in [3.8, 4) is 0 Å². The summed E-state index contributed by atoms with van der Waals surface area (Å²) in [6.45, 7) is 1.30. The van der Waals surface area contributed by atoms with Crippen LogP contribution in [-0.4, -0.2) is 44.0 Å². The Hall–Kier alpha value is -1.88. The zero-order chi connectivity index (χ0) is 17.0. The number of amides is 1. The van der Waals surface area contributed by atoms with Gasteiger partial charge in [0.15, 0.2) is 5.69 Å². The molecule has 3 heterocycles. The molecular weight excluding hydrogens is 314 g/mol. The molecule has 0 aromatic carbocycles. The standard InChI is InChI=1S/C20H25N3O2/c24-19(22-12-10-20(25)9-3-1-5-15(20)13-22)17-16-6-2-4-11-23(16)18(21-17)14-7-8-14/h2,4,6,11,14-15,25H,1,3,5,7-10,12-13H2. The number of rotatable bonds is 2. The van der Waals surface area contributed by atoms with Crippen molar-refractivity contribution in [1.82, 2.24) is 14.3 Å². The van der Waals surface area contributed by atoms with E-state index in [1.807, 2.05) is 29.3 Å². The van der Waals surface area contributed by atoms with Gasteiger partial charge in [0.25, 0.3) is 5.91 Å². The van der Waals surface area contributed by atoms with Crippen LogP contribution < -0.4 is 0 Å². The summed E-state index contributed by atoms with van der Waals surface area (Å²) in [5.41, 5.74) is 0.951. The molecule has 2 aliphatic carbocycles. The first-order valence-corrected chi connectivity index (χ1v) is 9.64. The monoisotopic (exact) mass is 339 g/mol. The van der Waals surface area contributed by atoms with Crippen molar-refractivity contribution >= 4 is 11.4 Å². The fraction of sp³-hybridized carbons (Fsp3) is 0.600. The Morgan fingerprint density at radius 1 is 1.20 bits per heavy atom. The zero-order valence-electron chi connectivity index (χ0n) is 14.5. The van der Waals surface area contributed by atoms with Crippen LogP contribution in [0.5, 0.6) is 0 Å². The first-order chi connectivity index (χ1) is 12.2. The number of nitrogens with zero attached hydrogens (tertiary/aromatic N) is 3. The van der Waals surface area contributed by atoms with Crippen molar-refractivity contribution in [2.24, 2.45) is 5.92 Å². The summed E-state index contributed by atoms with van der Waals surface area (Å²) in [5.74, 6) is 1.78. The van der Waals surface area contributed by atoms with Gasteiger partial charge in [-0.1, -0.05) is 18.9 Å². The first-order valence-electron chi connectivity index (χ1n) is 9.64. The number of fused-ring (bicyclic) bond motifs is 2. The van der Waals surface area contributed by atoms with Crippen molar-refractivity contribution in [1.29, 1.82) is 0 Å². The molecule has 2 aromatic rings. The van der Waals surface area contributed by atoms with Gasteiger partial charge in [-0.15, -0.1) is 0 Å². The highest BCUT2D eigenvalue weighted by molar-refractivity contribution is 5.99. The Morgan fingerprint density at radius 2 is 2.08 bits per heavy atom. The van der Waals surface area contributed by atoms with Gasteiger partial charge in [0.05, 0.1) is 11.1 Å². The van der Waals surface area contributed by atoms with Crippen molar-refractivity contribution < 1.29 is 9.90 Å². The number of hydrogen-bond donors (Lipinski definition) is 1. The highest BCUT2D eigenvalue weighted by atomic mass is 16.3. The molecule has 3 fully saturated rings. The molecular formula is C20H25N3O2. The minimum atomic E-state index is -0.551. The molecule has 5 heteroatoms. The van der Waals surface area contributed by atoms with E-state index in [2.05, 4.69) is 4.40 Å². The Balaban J connectivity index is 1.46. The van der Waals surface area contributed by atoms with Crippen LogP contribution >= 0.6 is 0 Å². The third-order valence-corrected chi connectivity index (χ3v) is 6.44. The van der Waals surface area contributed by atoms with Crippen LogP contribution in [0.25, 0.3) is 5.52 Å². The number of imidazole rings is 1. The number of aliphatic hydroxyl groups is 1. The zero-order valence-corrected chi connectivity index (χ0v) is 14.5. The van der Waals surface area contributed by atoms with Crippen LogP contribution in [0.3, 0.4) is 0 Å². The van der Waals surface area contributed by atoms with Crippen LogP contribution in [-0.2, 0) is 0 Å². The van der Waals surface area contributed by atoms with E-state index in [-0.39, 0.29) is 11.8 Å². The molecule has 1 aliphatic heterocycles. The van der Waals surface area contributed by atoms with E-state index in [0.29, 0.717) is 31.1 Å². The van der Waals surface area contributed by atoms with Gasteiger partial charge in [0.2, 0.25) is 0 Å². The Morgan fingerprint density at radius 3 is 2.92 bits per heavy atom. The number of carbonyl (C=O) groups excluding carboxylic acids is 1. The average Bonchev–Trinajstić information content (AvgIpc) is 3.41. The van der Waals surface area contributed by atoms with Gasteiger partial charge < -0.3 is 14.4 Å². The molecule has 2 atom stereocenters. The summed E-state index contributed by atoms with van der Waals surface area (Å²) in [6, 6.07) is 5.96. The predicted octanol–water partition coefficient (Wildman–Crippen LogP) is 2.98. The number of piperidine rings is 1. The second kappa shape index (κ2) is 5.56. The topological polar surface area (TPSA) is 57.8 Å². The number of carbonyl (C=O) groups is 1. The molecule has 0 bridgehead atoms. The summed E-state index contributed by atoms with van der Waals surface area (Å²) in [6.07, 6.45) is 9.23. The summed E-state index contributed by atoms with van der Waals surface area (Å²) in [4.78, 5) is 19.9. The van der Waals surface area contributed by atoms with Gasteiger partial charge in [-0.05, 0) is 44.2 Å². The molecule has 0 radical (unpaired) electrons. The maximum Gasteiger partial charge on any atom is 0.274 e. The summed E-state index contributed by atoms with van der Waals surface area (Å²) < 4.78 is 2.09. The number of hydrogen-bond acceptors (Lipinski definition) is 3. The van der Waals surface area contributed by atoms with Crippen molar-refractivity contribution in [3.63, 3.8) is 0 Å². The molecule has 3 aliphatic rings. The van der Waals surface area contributed by atoms with Gasteiger partial charge in [-0.2, -0.15) is 0 Å². The Kier molecular flexibility index (Phi) is 3.42. The lowest BCUT2D eigenvalue weighted by Crippen LogP contribution is -2.54. The van der Waals surface area contributed by atoms with Crippen molar-refractivity contribution in [2.45, 2.75) is 56.5 Å². The molecule has 5 nitrogen and oxygen atoms in total. The van der Waals surface area contributed by atoms with E-state index in [9.17, 15) is 9.90 Å². The van der Waals surface area contributed by atoms with Crippen LogP contribution in [0, 0.1) is 5.92 Å². The van der Waals surface area contributed by atoms with Gasteiger partial charge in [0, 0.05) is 31.1 Å². The number of aromatic nitrogens is 2. The van der Waals surface area contributed by atoms with Crippen LogP contribution in [0.2, 0.25) is 0 Å². The fourth-order valence-corrected chi connectivity index (χ4v) is 4.75. The van der Waals surface area contributed by atoms with E-state index in [0.717, 1.165) is 37.0 Å². The van der Waals surface area contributed by atoms with Gasteiger partial charge >= 0.3 is 0 Å². The van der Waals surface area contributed by atoms with Crippen LogP contribution in [0.15, 0.2) is 24.4 Å². The van der Waals surface area contributed by atoms with E-state index < -0.39 is 5.60 Å². The lowest BCUT2D eigenvalue weighted by molar-refractivity contribution is -0.0886. The highest BCUT2D eigenvalue weighted by Gasteiger charge is 2.44. The van der Waals surface area contributed by atoms with Crippen molar-refractivity contribution in [2.75, 3.05) is 13.1 Å². The fourth-order valence-electron chi connectivity index (χ4n) is 4.75. The van der Waals surface area contributed by atoms with Gasteiger partial charge in [-0.3, -0.25) is 4.79 Å². The Labute approximate surface area is 147 Å². The maximum absolute atomic E-state index is 13.2. The normalized spacial score (nSPS) is 29.6. The van der Waals surface area contributed by atoms with E-state index >= 15 is 0 Å². The number of likely N-dealkylation sites (tertiary alicyclic amines) is 1. The molecule has 2 unspecified atom stereocenters. The van der Waals surface area contributed by atoms with Crippen LogP contribution in [0.4, 0.5) is 0 Å². The minimum Gasteiger partial charge on any atom is -0.389 e. The lowest BCUT2D eigenvalue weighted by Gasteiger charge is -2.47. The smallest absolute Gasteiger partial charge is 0.274 e. The number of pyridine rings is 1. The molecule has 5 rings (SSSR count). The molecule has 2 aromatic heterocycles. The lowest BCUT2D eigenvalue weighted by atomic mass is 9.71. The molecule has 132 valence electrons. The largest absolute Gasteiger partial charge is 0.389 e. The molecule has 25 heavy (non-hydrogen) atoms. The third kappa shape index (κ3) is 2.48. The molecule has 1 saturated heterocycles. The molecule has 2 saturated carbocycles. The minimum absolute atomic E-state index is 0.0308. The van der Waals surface area contributed by atoms with Gasteiger partial charge in [0.1, 0.15) is 5.82 Å². The third-order valence-electron chi connectivity index (χ3n) is 6.44. The van der Waals surface area contributed by atoms with E-state index in [4.69, 9.17) is 4.98 Å². The van der Waals surface area contributed by atoms with Crippen LogP contribution in [0.1, 0.15) is 67.2 Å². The quantitative estimate of drug-likeness (QED) is 0.915. The predicted molar refractivity (Wildman–Crippen MR) is 94.6 cm³/mol. The average molecular weight is 339 g/mol. The van der Waals surface area contributed by atoms with E-state index in [1.54, 1.807) is 0 Å². The molecule has 1 N–H and O–H groups in total. The molecule has 0 spiro atoms. The van der Waals surface area contributed by atoms with Crippen molar-refractivity contribution in [3.05, 3.63) is 35.9 Å². The summed E-state index contributed by atoms with van der Waals surface area (Å²) >= 11 is 0. The second-order valence-corrected chi connectivity index (χ2v) is 8.10. The van der Waals surface area contributed by atoms with E-state index in [1.165, 1.54) is 12.8 Å². The highest BCUT2D eigenvalue weighted by Crippen LogP contribution is 2.41. The Bertz CT molecular complexity index is 825. The van der Waals surface area contributed by atoms with Gasteiger partial charge in [-0.25, -0.2) is 4.98 Å². The first kappa shape index (κ1) is 15.4. The summed E-state index contributed by atoms with van der Waals surface area (Å²) in [5, 5.41) is 10.9. The molecule has 1 amide bonds. The SMILES string of the molecule is O=C(c1nc(C2CC2)n2ccccc12)N1CCC2(O)CCCCC2C1. The second-order valence-electron chi connectivity index (χ2n) is 8.10. The summed E-state index contributed by atoms with van der Waals surface area (Å²) in [7, 11) is 0. The maximum atomic E-state index is 13.2.